The van der Waals surface area contributed by atoms with Crippen molar-refractivity contribution in [1.82, 2.24) is 14.5 Å². The van der Waals surface area contributed by atoms with Crippen molar-refractivity contribution in [3.05, 3.63) is 42.2 Å². The summed E-state index contributed by atoms with van der Waals surface area (Å²) in [7, 11) is 1.70. The van der Waals surface area contributed by atoms with Crippen LogP contribution in [0.4, 0.5) is 5.95 Å². The number of nitrogen functional groups attached to an aromatic ring is 1. The number of nitrogens with zero attached hydrogens (tertiary/aromatic N) is 4. The number of Topliss-reactive ketones (excluding diaryl/α,β-unsaturated/α-hetero) is 1. The van der Waals surface area contributed by atoms with Gasteiger partial charge in [0.15, 0.2) is 17.6 Å². The maximum absolute atomic E-state index is 12.3. The van der Waals surface area contributed by atoms with Gasteiger partial charge in [-0.25, -0.2) is 9.55 Å². The molecule has 3 rings (SSSR count). The van der Waals surface area contributed by atoms with E-state index in [0.29, 0.717) is 16.7 Å². The largest absolute Gasteiger partial charge is 0.856 e. The molecule has 0 aliphatic rings. The molecule has 0 saturated carbocycles. The molecule has 0 saturated heterocycles. The minimum atomic E-state index is -0.453. The predicted molar refractivity (Wildman–Crippen MR) is 73.3 cm³/mol. The van der Waals surface area contributed by atoms with E-state index in [1.54, 1.807) is 46.8 Å². The lowest BCUT2D eigenvalue weighted by Gasteiger charge is -2.03. The van der Waals surface area contributed by atoms with Crippen molar-refractivity contribution in [2.75, 3.05) is 5.73 Å². The lowest BCUT2D eigenvalue weighted by molar-refractivity contribution is -0.659. The minimum absolute atomic E-state index is 0.0715. The maximum atomic E-state index is 12.3. The zero-order valence-electron chi connectivity index (χ0n) is 11.4. The Bertz CT molecular complexity index is 826. The molecule has 0 aliphatic carbocycles. The maximum Gasteiger partial charge on any atom is 0.307 e. The van der Waals surface area contributed by atoms with Crippen LogP contribution in [0.5, 0.6) is 5.88 Å². The van der Waals surface area contributed by atoms with Gasteiger partial charge in [-0.1, -0.05) is 35.3 Å². The molecule has 0 aliphatic heterocycles. The Morgan fingerprint density at radius 3 is 2.76 bits per heavy atom. The van der Waals surface area contributed by atoms with Crippen LogP contribution in [-0.2, 0) is 13.6 Å². The second-order valence-corrected chi connectivity index (χ2v) is 4.70. The fourth-order valence-corrected chi connectivity index (χ4v) is 2.26. The van der Waals surface area contributed by atoms with E-state index in [4.69, 9.17) is 5.73 Å². The monoisotopic (exact) mass is 283 g/mol. The number of anilines is 1. The first-order chi connectivity index (χ1) is 10.1. The molecule has 2 heterocycles. The molecule has 1 aromatic carbocycles. The van der Waals surface area contributed by atoms with E-state index in [9.17, 15) is 9.90 Å². The van der Waals surface area contributed by atoms with E-state index in [1.165, 1.54) is 0 Å². The summed E-state index contributed by atoms with van der Waals surface area (Å²) in [6.45, 7) is 0.0806. The Labute approximate surface area is 120 Å². The van der Waals surface area contributed by atoms with Gasteiger partial charge in [0.25, 0.3) is 5.95 Å². The van der Waals surface area contributed by atoms with E-state index >= 15 is 0 Å². The second-order valence-electron chi connectivity index (χ2n) is 4.70. The summed E-state index contributed by atoms with van der Waals surface area (Å²) in [6, 6.07) is 8.94. The van der Waals surface area contributed by atoms with Crippen LogP contribution in [0.2, 0.25) is 0 Å². The molecule has 2 aromatic heterocycles. The first kappa shape index (κ1) is 13.0. The number of fused-ring (bicyclic) bond motifs is 1. The highest BCUT2D eigenvalue weighted by molar-refractivity contribution is 5.95. The zero-order chi connectivity index (χ0) is 15.0. The molecule has 0 spiro atoms. The molecule has 7 nitrogen and oxygen atoms in total. The average Bonchev–Trinajstić information content (AvgIpc) is 2.76. The summed E-state index contributed by atoms with van der Waals surface area (Å²) in [5.41, 5.74) is 6.80. The Hall–Kier alpha value is -2.96. The molecule has 0 radical (unpaired) electrons. The van der Waals surface area contributed by atoms with Crippen LogP contribution >= 0.6 is 0 Å². The van der Waals surface area contributed by atoms with E-state index in [1.807, 2.05) is 6.07 Å². The quantitative estimate of drug-likeness (QED) is 0.529. The molecule has 0 fully saturated rings. The average molecular weight is 283 g/mol. The third-order valence-corrected chi connectivity index (χ3v) is 3.20. The van der Waals surface area contributed by atoms with Crippen LogP contribution in [0.3, 0.4) is 0 Å². The van der Waals surface area contributed by atoms with Crippen LogP contribution in [-0.4, -0.2) is 20.3 Å². The number of imidazole rings is 1. The zero-order valence-corrected chi connectivity index (χ0v) is 11.4. The van der Waals surface area contributed by atoms with E-state index in [2.05, 4.69) is 9.97 Å². The lowest BCUT2D eigenvalue weighted by atomic mass is 10.1. The topological polar surface area (TPSA) is 101 Å². The number of rotatable bonds is 3. The van der Waals surface area contributed by atoms with Gasteiger partial charge in [0, 0.05) is 11.4 Å². The third kappa shape index (κ3) is 2.29. The van der Waals surface area contributed by atoms with Crippen molar-refractivity contribution in [2.24, 2.45) is 7.05 Å². The molecular weight excluding hydrogens is 270 g/mol. The summed E-state index contributed by atoms with van der Waals surface area (Å²) in [5.74, 6) is -0.622. The molecule has 106 valence electrons. The van der Waals surface area contributed by atoms with Gasteiger partial charge in [-0.05, 0) is 0 Å². The second kappa shape index (κ2) is 4.86. The number of aromatic nitrogens is 4. The number of hydrogen-bond donors (Lipinski definition) is 1. The Morgan fingerprint density at radius 2 is 2.05 bits per heavy atom. The molecule has 0 unspecified atom stereocenters. The van der Waals surface area contributed by atoms with Crippen LogP contribution in [0.1, 0.15) is 10.4 Å². The number of carbonyl (C=O) groups excluding carboxylic acids is 1. The van der Waals surface area contributed by atoms with Crippen molar-refractivity contribution in [3.63, 3.8) is 0 Å². The smallest absolute Gasteiger partial charge is 0.307 e. The van der Waals surface area contributed by atoms with Crippen LogP contribution < -0.4 is 15.4 Å². The van der Waals surface area contributed by atoms with Crippen molar-refractivity contribution >= 4 is 22.9 Å². The van der Waals surface area contributed by atoms with E-state index < -0.39 is 5.88 Å². The summed E-state index contributed by atoms with van der Waals surface area (Å²) in [5, 5.41) is 11.8. The molecule has 0 amide bonds. The highest BCUT2D eigenvalue weighted by Gasteiger charge is 2.20. The Balaban J connectivity index is 2.04. The van der Waals surface area contributed by atoms with Crippen molar-refractivity contribution < 1.29 is 14.5 Å². The van der Waals surface area contributed by atoms with Gasteiger partial charge in [-0.2, -0.15) is 0 Å². The molecule has 21 heavy (non-hydrogen) atoms. The number of benzene rings is 1. The summed E-state index contributed by atoms with van der Waals surface area (Å²) < 4.78 is 3.19. The van der Waals surface area contributed by atoms with Gasteiger partial charge in [0.2, 0.25) is 0 Å². The van der Waals surface area contributed by atoms with Gasteiger partial charge in [-0.15, -0.1) is 0 Å². The number of nitrogens with two attached hydrogens (primary N) is 1. The van der Waals surface area contributed by atoms with Crippen molar-refractivity contribution in [1.29, 1.82) is 0 Å². The van der Waals surface area contributed by atoms with E-state index in [0.717, 1.165) is 0 Å². The normalized spacial score (nSPS) is 10.9. The summed E-state index contributed by atoms with van der Waals surface area (Å²) in [4.78, 5) is 19.9. The summed E-state index contributed by atoms with van der Waals surface area (Å²) >= 11 is 0. The Kier molecular flexibility index (Phi) is 3.02. The molecule has 2 N–H and O–H groups in total. The minimum Gasteiger partial charge on any atom is -0.856 e. The molecule has 7 heteroatoms. The standard InChI is InChI=1S/C14H13N5O2/c1-18-8-19(7-10(20)9-5-3-2-4-6-9)12-11(18)13(21)17-14(15)16-12/h2-6,8H,7H2,1H3,(H2-,15,16,17,21). The highest BCUT2D eigenvalue weighted by Crippen LogP contribution is 2.16. The van der Waals surface area contributed by atoms with Crippen LogP contribution in [0.15, 0.2) is 36.7 Å². The van der Waals surface area contributed by atoms with Crippen LogP contribution in [0, 0.1) is 0 Å². The Morgan fingerprint density at radius 1 is 1.33 bits per heavy atom. The lowest BCUT2D eigenvalue weighted by Crippen LogP contribution is -2.37. The first-order valence-corrected chi connectivity index (χ1v) is 6.33. The molecule has 3 aromatic rings. The van der Waals surface area contributed by atoms with Crippen molar-refractivity contribution in [2.45, 2.75) is 6.54 Å². The molecular formula is C14H13N5O2. The predicted octanol–water partition coefficient (Wildman–Crippen LogP) is -0.206. The number of ketones is 1. The fourth-order valence-electron chi connectivity index (χ4n) is 2.26. The SMILES string of the molecule is Cn1c[n+](CC(=O)c2ccccc2)c2nc(N)nc([O-])c21. The third-order valence-electron chi connectivity index (χ3n) is 3.20. The van der Waals surface area contributed by atoms with Gasteiger partial charge in [-0.3, -0.25) is 9.36 Å². The van der Waals surface area contributed by atoms with E-state index in [-0.39, 0.29) is 18.3 Å². The highest BCUT2D eigenvalue weighted by atomic mass is 16.3. The van der Waals surface area contributed by atoms with Crippen LogP contribution in [0.25, 0.3) is 11.2 Å². The first-order valence-electron chi connectivity index (χ1n) is 6.33. The van der Waals surface area contributed by atoms with Crippen molar-refractivity contribution in [3.8, 4) is 5.88 Å². The number of hydrogen-bond acceptors (Lipinski definition) is 5. The fraction of sp³-hybridized carbons (Fsp3) is 0.143. The molecule has 0 atom stereocenters. The van der Waals surface area contributed by atoms with Gasteiger partial charge >= 0.3 is 5.65 Å². The van der Waals surface area contributed by atoms with Gasteiger partial charge in [0.05, 0.1) is 7.05 Å². The number of aryl methyl sites for hydroxylation is 1. The van der Waals surface area contributed by atoms with Gasteiger partial charge in [0.1, 0.15) is 6.54 Å². The number of carbonyl (C=O) groups is 1. The van der Waals surface area contributed by atoms with Gasteiger partial charge < -0.3 is 10.8 Å². The summed E-state index contributed by atoms with van der Waals surface area (Å²) in [6.07, 6.45) is 1.64. The molecule has 0 bridgehead atoms.